The fraction of sp³-hybridized carbons (Fsp3) is 0.538. The molecule has 7 nitrogen and oxygen atoms in total. The topological polar surface area (TPSA) is 60.9 Å². The molecule has 1 aromatic heterocycles. The van der Waals surface area contributed by atoms with E-state index in [0.717, 1.165) is 62.9 Å². The molecule has 10 heteroatoms. The standard InChI is InChI=1S/C26H34F3N5O2/c1-2-32-15-16-36-25-20(18-32)7-5-9-22(25)31-17-24(35)34(14-13-33-11-3-4-12-33)19-23-21(26(27,28)29)8-6-10-30-23/h5-10,31H,2-4,11-19H2,1H3. The van der Waals surface area contributed by atoms with E-state index in [1.54, 1.807) is 0 Å². The Morgan fingerprint density at radius 1 is 1.14 bits per heavy atom. The van der Waals surface area contributed by atoms with E-state index in [9.17, 15) is 18.0 Å². The van der Waals surface area contributed by atoms with Gasteiger partial charge in [0.15, 0.2) is 0 Å². The van der Waals surface area contributed by atoms with Crippen molar-refractivity contribution in [3.05, 3.63) is 53.3 Å². The van der Waals surface area contributed by atoms with E-state index in [4.69, 9.17) is 4.74 Å². The molecule has 1 amide bonds. The molecule has 36 heavy (non-hydrogen) atoms. The van der Waals surface area contributed by atoms with Gasteiger partial charge in [0.1, 0.15) is 12.4 Å². The molecule has 1 saturated heterocycles. The molecule has 196 valence electrons. The third-order valence-electron chi connectivity index (χ3n) is 6.80. The largest absolute Gasteiger partial charge is 0.490 e. The second-order valence-corrected chi connectivity index (χ2v) is 9.22. The number of fused-ring (bicyclic) bond motifs is 1. The minimum absolute atomic E-state index is 0.0501. The predicted molar refractivity (Wildman–Crippen MR) is 132 cm³/mol. The summed E-state index contributed by atoms with van der Waals surface area (Å²) in [6.07, 6.45) is -0.996. The average molecular weight is 506 g/mol. The van der Waals surface area contributed by atoms with Gasteiger partial charge in [-0.25, -0.2) is 0 Å². The molecule has 0 atom stereocenters. The van der Waals surface area contributed by atoms with Crippen LogP contribution in [0.4, 0.5) is 18.9 Å². The van der Waals surface area contributed by atoms with Crippen molar-refractivity contribution in [2.75, 3.05) is 57.7 Å². The molecule has 1 aromatic carbocycles. The third kappa shape index (κ3) is 6.67. The first kappa shape index (κ1) is 26.2. The number of likely N-dealkylation sites (N-methyl/N-ethyl adjacent to an activating group) is 1. The van der Waals surface area contributed by atoms with Gasteiger partial charge in [0.25, 0.3) is 0 Å². The zero-order valence-electron chi connectivity index (χ0n) is 20.7. The molecule has 0 spiro atoms. The predicted octanol–water partition coefficient (Wildman–Crippen LogP) is 3.85. The van der Waals surface area contributed by atoms with Crippen LogP contribution in [0, 0.1) is 0 Å². The summed E-state index contributed by atoms with van der Waals surface area (Å²) in [4.78, 5) is 23.3. The molecule has 1 fully saturated rings. The molecule has 2 aliphatic rings. The van der Waals surface area contributed by atoms with Crippen LogP contribution in [0.25, 0.3) is 0 Å². The fourth-order valence-electron chi connectivity index (χ4n) is 4.73. The monoisotopic (exact) mass is 505 g/mol. The summed E-state index contributed by atoms with van der Waals surface area (Å²) in [6, 6.07) is 8.08. The Bertz CT molecular complexity index is 1030. The molecule has 2 aliphatic heterocycles. The Morgan fingerprint density at radius 3 is 2.69 bits per heavy atom. The number of carbonyl (C=O) groups is 1. The van der Waals surface area contributed by atoms with E-state index >= 15 is 0 Å². The highest BCUT2D eigenvalue weighted by atomic mass is 19.4. The number of para-hydroxylation sites is 1. The number of halogens is 3. The van der Waals surface area contributed by atoms with Crippen molar-refractivity contribution in [1.29, 1.82) is 0 Å². The van der Waals surface area contributed by atoms with E-state index in [-0.39, 0.29) is 24.7 Å². The van der Waals surface area contributed by atoms with Crippen LogP contribution in [0.3, 0.4) is 0 Å². The first-order chi connectivity index (χ1) is 17.3. The van der Waals surface area contributed by atoms with Crippen molar-refractivity contribution >= 4 is 11.6 Å². The lowest BCUT2D eigenvalue weighted by atomic mass is 10.1. The number of ether oxygens (including phenoxy) is 1. The summed E-state index contributed by atoms with van der Waals surface area (Å²) < 4.78 is 46.7. The van der Waals surface area contributed by atoms with Gasteiger partial charge in [0.2, 0.25) is 5.91 Å². The molecule has 2 aromatic rings. The van der Waals surface area contributed by atoms with E-state index < -0.39 is 11.7 Å². The smallest absolute Gasteiger partial charge is 0.418 e. The minimum atomic E-state index is -4.53. The van der Waals surface area contributed by atoms with Crippen LogP contribution in [-0.4, -0.2) is 78.0 Å². The summed E-state index contributed by atoms with van der Waals surface area (Å²) in [5, 5.41) is 3.18. The normalized spacial score (nSPS) is 16.8. The number of rotatable bonds is 9. The van der Waals surface area contributed by atoms with Gasteiger partial charge >= 0.3 is 6.18 Å². The molecule has 1 N–H and O–H groups in total. The molecular weight excluding hydrogens is 471 g/mol. The number of amides is 1. The lowest BCUT2D eigenvalue weighted by Crippen LogP contribution is -2.40. The number of pyridine rings is 1. The number of benzene rings is 1. The number of hydrogen-bond acceptors (Lipinski definition) is 6. The lowest BCUT2D eigenvalue weighted by Gasteiger charge is -2.27. The number of likely N-dealkylation sites (tertiary alicyclic amines) is 1. The van der Waals surface area contributed by atoms with Crippen molar-refractivity contribution in [3.8, 4) is 5.75 Å². The number of hydrogen-bond donors (Lipinski definition) is 1. The first-order valence-corrected chi connectivity index (χ1v) is 12.6. The fourth-order valence-corrected chi connectivity index (χ4v) is 4.73. The highest BCUT2D eigenvalue weighted by molar-refractivity contribution is 5.81. The van der Waals surface area contributed by atoms with Gasteiger partial charge in [-0.3, -0.25) is 14.7 Å². The Kier molecular flexibility index (Phi) is 8.68. The van der Waals surface area contributed by atoms with E-state index in [1.807, 2.05) is 18.2 Å². The van der Waals surface area contributed by atoms with Gasteiger partial charge in [0, 0.05) is 37.9 Å². The Hall–Kier alpha value is -2.85. The van der Waals surface area contributed by atoms with Crippen molar-refractivity contribution in [2.45, 2.75) is 39.0 Å². The Labute approximate surface area is 210 Å². The van der Waals surface area contributed by atoms with Crippen molar-refractivity contribution in [2.24, 2.45) is 0 Å². The number of nitrogens with one attached hydrogen (secondary N) is 1. The van der Waals surface area contributed by atoms with E-state index in [1.165, 1.54) is 17.2 Å². The maximum atomic E-state index is 13.6. The van der Waals surface area contributed by atoms with Gasteiger partial charge in [-0.15, -0.1) is 0 Å². The number of alkyl halides is 3. The highest BCUT2D eigenvalue weighted by Crippen LogP contribution is 2.33. The third-order valence-corrected chi connectivity index (χ3v) is 6.80. The van der Waals surface area contributed by atoms with Crippen molar-refractivity contribution < 1.29 is 22.7 Å². The Morgan fingerprint density at radius 2 is 1.94 bits per heavy atom. The van der Waals surface area contributed by atoms with Gasteiger partial charge in [-0.1, -0.05) is 19.1 Å². The van der Waals surface area contributed by atoms with Crippen molar-refractivity contribution in [3.63, 3.8) is 0 Å². The number of anilines is 1. The molecule has 0 unspecified atom stereocenters. The number of nitrogens with zero attached hydrogens (tertiary/aromatic N) is 4. The minimum Gasteiger partial charge on any atom is -0.490 e. The lowest BCUT2D eigenvalue weighted by molar-refractivity contribution is -0.140. The van der Waals surface area contributed by atoms with Crippen LogP contribution in [0.1, 0.15) is 36.6 Å². The second-order valence-electron chi connectivity index (χ2n) is 9.22. The Balaban J connectivity index is 1.48. The van der Waals surface area contributed by atoms with Crippen LogP contribution in [0.2, 0.25) is 0 Å². The van der Waals surface area contributed by atoms with Crippen LogP contribution in [0.15, 0.2) is 36.5 Å². The van der Waals surface area contributed by atoms with Crippen molar-refractivity contribution in [1.82, 2.24) is 19.7 Å². The summed E-state index contributed by atoms with van der Waals surface area (Å²) in [5.74, 6) is 0.448. The quantitative estimate of drug-likeness (QED) is 0.559. The zero-order valence-corrected chi connectivity index (χ0v) is 20.7. The molecule has 0 bridgehead atoms. The van der Waals surface area contributed by atoms with Gasteiger partial charge in [-0.2, -0.15) is 13.2 Å². The van der Waals surface area contributed by atoms with Gasteiger partial charge in [0.05, 0.1) is 30.0 Å². The number of carbonyl (C=O) groups excluding carboxylic acids is 1. The molecule has 3 heterocycles. The van der Waals surface area contributed by atoms with Gasteiger partial charge < -0.3 is 19.9 Å². The second kappa shape index (κ2) is 11.9. The molecule has 0 radical (unpaired) electrons. The SMILES string of the molecule is CCN1CCOc2c(cccc2NCC(=O)N(CCN2CCCC2)Cc2ncccc2C(F)(F)F)C1. The van der Waals surface area contributed by atoms with Crippen LogP contribution in [0.5, 0.6) is 5.75 Å². The first-order valence-electron chi connectivity index (χ1n) is 12.6. The molecule has 0 aliphatic carbocycles. The maximum Gasteiger partial charge on any atom is 0.418 e. The van der Waals surface area contributed by atoms with Crippen LogP contribution >= 0.6 is 0 Å². The summed E-state index contributed by atoms with van der Waals surface area (Å²) >= 11 is 0. The summed E-state index contributed by atoms with van der Waals surface area (Å²) in [7, 11) is 0. The molecular formula is C26H34F3N5O2. The summed E-state index contributed by atoms with van der Waals surface area (Å²) in [6.45, 7) is 7.75. The maximum absolute atomic E-state index is 13.6. The average Bonchev–Trinajstić information content (AvgIpc) is 3.29. The highest BCUT2D eigenvalue weighted by Gasteiger charge is 2.34. The summed E-state index contributed by atoms with van der Waals surface area (Å²) in [5.41, 5.74) is 0.809. The number of aromatic nitrogens is 1. The molecule has 0 saturated carbocycles. The van der Waals surface area contributed by atoms with Crippen LogP contribution < -0.4 is 10.1 Å². The molecule has 4 rings (SSSR count). The van der Waals surface area contributed by atoms with Gasteiger partial charge in [-0.05, 0) is 50.7 Å². The van der Waals surface area contributed by atoms with Crippen LogP contribution in [-0.2, 0) is 24.1 Å². The van der Waals surface area contributed by atoms with E-state index in [2.05, 4.69) is 27.0 Å². The van der Waals surface area contributed by atoms with E-state index in [0.29, 0.717) is 25.4 Å². The zero-order chi connectivity index (χ0) is 25.5.